The van der Waals surface area contributed by atoms with Gasteiger partial charge < -0.3 is 11.5 Å². The number of likely N-dealkylation sites (N-methyl/N-ethyl adjacent to an activating group) is 1. The number of amides is 1. The minimum Gasteiger partial charge on any atom is -0.396 e. The van der Waals surface area contributed by atoms with Gasteiger partial charge >= 0.3 is 0 Å². The van der Waals surface area contributed by atoms with Crippen molar-refractivity contribution in [1.29, 1.82) is 0 Å². The van der Waals surface area contributed by atoms with Crippen LogP contribution in [0.5, 0.6) is 0 Å². The molecular weight excluding hydrogens is 273 g/mol. The quantitative estimate of drug-likeness (QED) is 0.756. The number of hydrogen-bond acceptors (Lipinski definition) is 4. The molecule has 0 radical (unpaired) electrons. The van der Waals surface area contributed by atoms with Gasteiger partial charge in [0.05, 0.1) is 17.1 Å². The van der Waals surface area contributed by atoms with Crippen LogP contribution in [0.1, 0.15) is 12.5 Å². The summed E-state index contributed by atoms with van der Waals surface area (Å²) in [5, 5.41) is 0. The van der Waals surface area contributed by atoms with Crippen LogP contribution in [0.2, 0.25) is 0 Å². The van der Waals surface area contributed by atoms with E-state index in [-0.39, 0.29) is 22.7 Å². The highest BCUT2D eigenvalue weighted by atomic mass is 32.2. The van der Waals surface area contributed by atoms with Crippen molar-refractivity contribution in [2.24, 2.45) is 5.73 Å². The summed E-state index contributed by atoms with van der Waals surface area (Å²) in [6, 6.07) is 2.09. The number of sulfonamides is 1. The van der Waals surface area contributed by atoms with Gasteiger partial charge in [0, 0.05) is 6.54 Å². The van der Waals surface area contributed by atoms with Gasteiger partial charge in [-0.2, -0.15) is 4.31 Å². The Kier molecular flexibility index (Phi) is 4.48. The number of anilines is 1. The van der Waals surface area contributed by atoms with Gasteiger partial charge in [-0.15, -0.1) is 0 Å². The number of carbonyl (C=O) groups excluding carboxylic acids is 1. The summed E-state index contributed by atoms with van der Waals surface area (Å²) in [6.07, 6.45) is 0. The van der Waals surface area contributed by atoms with Crippen molar-refractivity contribution in [3.8, 4) is 0 Å². The molecule has 1 aromatic carbocycles. The largest absolute Gasteiger partial charge is 0.396 e. The zero-order valence-electron chi connectivity index (χ0n) is 10.7. The van der Waals surface area contributed by atoms with E-state index in [0.717, 1.165) is 16.4 Å². The van der Waals surface area contributed by atoms with Gasteiger partial charge in [0.25, 0.3) is 0 Å². The van der Waals surface area contributed by atoms with Gasteiger partial charge in [0.15, 0.2) is 0 Å². The van der Waals surface area contributed by atoms with E-state index in [1.54, 1.807) is 6.92 Å². The Morgan fingerprint density at radius 2 is 2.00 bits per heavy atom. The molecule has 0 saturated heterocycles. The number of nitrogen functional groups attached to an aromatic ring is 1. The van der Waals surface area contributed by atoms with Crippen molar-refractivity contribution in [2.75, 3.05) is 18.8 Å². The minimum absolute atomic E-state index is 0.0714. The lowest BCUT2D eigenvalue weighted by Gasteiger charge is -2.20. The van der Waals surface area contributed by atoms with Crippen LogP contribution in [0, 0.1) is 12.7 Å². The SMILES string of the molecule is CCN(CC(N)=O)S(=O)(=O)c1cc(N)c(F)cc1C. The summed E-state index contributed by atoms with van der Waals surface area (Å²) in [4.78, 5) is 10.8. The molecule has 0 bridgehead atoms. The number of primary amides is 1. The van der Waals surface area contributed by atoms with Gasteiger partial charge in [-0.1, -0.05) is 6.92 Å². The highest BCUT2D eigenvalue weighted by Gasteiger charge is 2.27. The molecule has 0 aliphatic rings. The van der Waals surface area contributed by atoms with Crippen LogP contribution >= 0.6 is 0 Å². The van der Waals surface area contributed by atoms with Crippen molar-refractivity contribution < 1.29 is 17.6 Å². The number of carbonyl (C=O) groups is 1. The predicted octanol–water partition coefficient (Wildman–Crippen LogP) is 0.212. The topological polar surface area (TPSA) is 106 Å². The first-order chi connectivity index (χ1) is 8.70. The molecule has 8 heteroatoms. The Hall–Kier alpha value is -1.67. The third-order valence-corrected chi connectivity index (χ3v) is 4.66. The maximum atomic E-state index is 13.2. The Morgan fingerprint density at radius 1 is 1.42 bits per heavy atom. The highest BCUT2D eigenvalue weighted by Crippen LogP contribution is 2.24. The van der Waals surface area contributed by atoms with Crippen LogP contribution in [0.3, 0.4) is 0 Å². The van der Waals surface area contributed by atoms with Crippen LogP contribution in [-0.4, -0.2) is 31.7 Å². The third-order valence-electron chi connectivity index (χ3n) is 2.60. The lowest BCUT2D eigenvalue weighted by atomic mass is 10.2. The molecule has 0 fully saturated rings. The van der Waals surface area contributed by atoms with Crippen LogP contribution in [0.15, 0.2) is 17.0 Å². The molecule has 0 heterocycles. The minimum atomic E-state index is -3.93. The number of hydrogen-bond donors (Lipinski definition) is 2. The molecule has 1 rings (SSSR count). The predicted molar refractivity (Wildman–Crippen MR) is 69.2 cm³/mol. The maximum Gasteiger partial charge on any atom is 0.243 e. The average Bonchev–Trinajstić information content (AvgIpc) is 2.30. The molecule has 0 unspecified atom stereocenters. The van der Waals surface area contributed by atoms with Crippen molar-refractivity contribution in [1.82, 2.24) is 4.31 Å². The standard InChI is InChI=1S/C11H16FN3O3S/c1-3-15(6-11(14)16)19(17,18)10-5-9(13)8(12)4-7(10)2/h4-5H,3,6,13H2,1-2H3,(H2,14,16). The van der Waals surface area contributed by atoms with E-state index >= 15 is 0 Å². The maximum absolute atomic E-state index is 13.2. The van der Waals surface area contributed by atoms with E-state index in [2.05, 4.69) is 0 Å². The van der Waals surface area contributed by atoms with Crippen molar-refractivity contribution in [3.63, 3.8) is 0 Å². The van der Waals surface area contributed by atoms with Gasteiger partial charge in [0.1, 0.15) is 5.82 Å². The highest BCUT2D eigenvalue weighted by molar-refractivity contribution is 7.89. The zero-order valence-corrected chi connectivity index (χ0v) is 11.5. The first-order valence-electron chi connectivity index (χ1n) is 5.54. The van der Waals surface area contributed by atoms with Gasteiger partial charge in [-0.05, 0) is 24.6 Å². The van der Waals surface area contributed by atoms with E-state index in [0.29, 0.717) is 0 Å². The normalized spacial score (nSPS) is 11.8. The number of nitrogens with two attached hydrogens (primary N) is 2. The van der Waals surface area contributed by atoms with Crippen molar-refractivity contribution in [3.05, 3.63) is 23.5 Å². The lowest BCUT2D eigenvalue weighted by Crippen LogP contribution is -2.38. The fourth-order valence-electron chi connectivity index (χ4n) is 1.63. The fraction of sp³-hybridized carbons (Fsp3) is 0.364. The van der Waals surface area contributed by atoms with E-state index in [9.17, 15) is 17.6 Å². The van der Waals surface area contributed by atoms with Crippen LogP contribution in [0.4, 0.5) is 10.1 Å². The van der Waals surface area contributed by atoms with Crippen LogP contribution in [-0.2, 0) is 14.8 Å². The third kappa shape index (κ3) is 3.21. The molecule has 0 aromatic heterocycles. The Bertz CT molecular complexity index is 601. The van der Waals surface area contributed by atoms with Gasteiger partial charge in [-0.25, -0.2) is 12.8 Å². The first kappa shape index (κ1) is 15.4. The smallest absolute Gasteiger partial charge is 0.243 e. The second kappa shape index (κ2) is 5.54. The molecule has 0 aliphatic heterocycles. The molecule has 0 aliphatic carbocycles. The second-order valence-corrected chi connectivity index (χ2v) is 5.94. The van der Waals surface area contributed by atoms with Crippen molar-refractivity contribution in [2.45, 2.75) is 18.7 Å². The number of aryl methyl sites for hydroxylation is 1. The summed E-state index contributed by atoms with van der Waals surface area (Å²) in [5.41, 5.74) is 10.3. The molecule has 19 heavy (non-hydrogen) atoms. The van der Waals surface area contributed by atoms with Gasteiger partial charge in [0.2, 0.25) is 15.9 Å². The molecule has 0 saturated carbocycles. The van der Waals surface area contributed by atoms with Gasteiger partial charge in [-0.3, -0.25) is 4.79 Å². The Labute approximate surface area is 111 Å². The monoisotopic (exact) mass is 289 g/mol. The van der Waals surface area contributed by atoms with Crippen LogP contribution in [0.25, 0.3) is 0 Å². The summed E-state index contributed by atoms with van der Waals surface area (Å²) in [5.74, 6) is -1.45. The Balaban J connectivity index is 3.33. The number of halogens is 1. The fourth-order valence-corrected chi connectivity index (χ4v) is 3.28. The van der Waals surface area contributed by atoms with Crippen LogP contribution < -0.4 is 11.5 Å². The first-order valence-corrected chi connectivity index (χ1v) is 6.98. The number of rotatable bonds is 5. The van der Waals surface area contributed by atoms with E-state index < -0.39 is 28.3 Å². The average molecular weight is 289 g/mol. The molecule has 0 atom stereocenters. The summed E-state index contributed by atoms with van der Waals surface area (Å²) in [6.45, 7) is 2.66. The number of nitrogens with zero attached hydrogens (tertiary/aromatic N) is 1. The molecule has 1 amide bonds. The molecule has 4 N–H and O–H groups in total. The molecule has 0 spiro atoms. The van der Waals surface area contributed by atoms with E-state index in [4.69, 9.17) is 11.5 Å². The zero-order chi connectivity index (χ0) is 14.8. The van der Waals surface area contributed by atoms with E-state index in [1.807, 2.05) is 0 Å². The summed E-state index contributed by atoms with van der Waals surface area (Å²) in [7, 11) is -3.93. The van der Waals surface area contributed by atoms with Crippen molar-refractivity contribution >= 4 is 21.6 Å². The number of benzene rings is 1. The van der Waals surface area contributed by atoms with E-state index in [1.165, 1.54) is 6.92 Å². The molecule has 1 aromatic rings. The lowest BCUT2D eigenvalue weighted by molar-refractivity contribution is -0.118. The summed E-state index contributed by atoms with van der Waals surface area (Å²) >= 11 is 0. The molecule has 106 valence electrons. The Morgan fingerprint density at radius 3 is 2.47 bits per heavy atom. The second-order valence-electron chi connectivity index (χ2n) is 4.04. The molecular formula is C11H16FN3O3S. The molecule has 6 nitrogen and oxygen atoms in total. The summed E-state index contributed by atoms with van der Waals surface area (Å²) < 4.78 is 38.8.